The Kier molecular flexibility index (Phi) is 4.83. The van der Waals surface area contributed by atoms with E-state index in [-0.39, 0.29) is 23.7 Å². The van der Waals surface area contributed by atoms with Crippen molar-refractivity contribution in [2.75, 3.05) is 24.7 Å². The molecular weight excluding hydrogens is 238 g/mol. The molecule has 1 aliphatic heterocycles. The molecule has 1 unspecified atom stereocenters. The maximum Gasteiger partial charge on any atom is 0.215 e. The van der Waals surface area contributed by atoms with Gasteiger partial charge in [0.15, 0.2) is 0 Å². The van der Waals surface area contributed by atoms with Gasteiger partial charge in [0.1, 0.15) is 0 Å². The molecule has 0 aromatic carbocycles. The van der Waals surface area contributed by atoms with Gasteiger partial charge < -0.3 is 5.11 Å². The van der Waals surface area contributed by atoms with Crippen molar-refractivity contribution in [3.05, 3.63) is 0 Å². The van der Waals surface area contributed by atoms with E-state index in [1.165, 1.54) is 4.31 Å². The molecule has 4 nitrogen and oxygen atoms in total. The summed E-state index contributed by atoms with van der Waals surface area (Å²) in [7, 11) is -3.16. The number of aliphatic hydroxyl groups is 1. The fraction of sp³-hybridized carbons (Fsp3) is 1.00. The lowest BCUT2D eigenvalue weighted by molar-refractivity contribution is 0.0912. The average molecular weight is 256 g/mol. The molecule has 1 saturated heterocycles. The van der Waals surface area contributed by atoms with E-state index in [2.05, 4.69) is 0 Å². The van der Waals surface area contributed by atoms with E-state index in [0.29, 0.717) is 13.1 Å². The predicted octanol–water partition coefficient (Wildman–Crippen LogP) is 0.648. The third-order valence-corrected chi connectivity index (χ3v) is 5.19. The zero-order chi connectivity index (χ0) is 11.5. The first-order valence-corrected chi connectivity index (χ1v) is 7.33. The minimum absolute atomic E-state index is 0.00784. The van der Waals surface area contributed by atoms with E-state index in [1.54, 1.807) is 6.92 Å². The molecule has 0 aliphatic carbocycles. The number of halogens is 1. The second-order valence-corrected chi connectivity index (χ2v) is 6.45. The molecule has 1 atom stereocenters. The van der Waals surface area contributed by atoms with Crippen LogP contribution in [0.25, 0.3) is 0 Å². The van der Waals surface area contributed by atoms with Crippen molar-refractivity contribution in [3.63, 3.8) is 0 Å². The van der Waals surface area contributed by atoms with Crippen molar-refractivity contribution in [1.29, 1.82) is 0 Å². The van der Waals surface area contributed by atoms with Gasteiger partial charge in [0, 0.05) is 19.0 Å². The first-order chi connectivity index (χ1) is 6.97. The predicted molar refractivity (Wildman–Crippen MR) is 60.5 cm³/mol. The number of sulfonamides is 1. The minimum Gasteiger partial charge on any atom is -0.393 e. The average Bonchev–Trinajstić information content (AvgIpc) is 2.18. The summed E-state index contributed by atoms with van der Waals surface area (Å²) in [6.07, 6.45) is 1.13. The molecule has 1 N–H and O–H groups in total. The molecule has 1 rings (SSSR count). The van der Waals surface area contributed by atoms with Crippen LogP contribution >= 0.6 is 11.6 Å². The Morgan fingerprint density at radius 2 is 2.00 bits per heavy atom. The molecule has 6 heteroatoms. The van der Waals surface area contributed by atoms with Crippen LogP contribution in [-0.4, -0.2) is 48.7 Å². The summed E-state index contributed by atoms with van der Waals surface area (Å²) in [5.41, 5.74) is 0. The third-order valence-electron chi connectivity index (χ3n) is 2.91. The number of hydrogen-bond acceptors (Lipinski definition) is 3. The molecule has 90 valence electrons. The van der Waals surface area contributed by atoms with Crippen molar-refractivity contribution in [3.8, 4) is 0 Å². The van der Waals surface area contributed by atoms with Gasteiger partial charge in [-0.2, -0.15) is 0 Å². The molecule has 0 radical (unpaired) electrons. The van der Waals surface area contributed by atoms with Gasteiger partial charge in [-0.1, -0.05) is 0 Å². The van der Waals surface area contributed by atoms with Gasteiger partial charge in [-0.15, -0.1) is 11.6 Å². The van der Waals surface area contributed by atoms with Crippen molar-refractivity contribution in [2.24, 2.45) is 5.92 Å². The van der Waals surface area contributed by atoms with Gasteiger partial charge in [0.2, 0.25) is 10.0 Å². The van der Waals surface area contributed by atoms with Gasteiger partial charge in [0.25, 0.3) is 0 Å². The molecule has 0 aromatic rings. The van der Waals surface area contributed by atoms with Crippen LogP contribution in [0.15, 0.2) is 0 Å². The van der Waals surface area contributed by atoms with Gasteiger partial charge in [-0.05, 0) is 25.7 Å². The van der Waals surface area contributed by atoms with Crippen LogP contribution in [0.3, 0.4) is 0 Å². The van der Waals surface area contributed by atoms with Gasteiger partial charge in [0.05, 0.1) is 11.9 Å². The van der Waals surface area contributed by atoms with Gasteiger partial charge in [-0.25, -0.2) is 12.7 Å². The molecule has 1 heterocycles. The summed E-state index contributed by atoms with van der Waals surface area (Å²) < 4.78 is 24.8. The Bertz CT molecular complexity index is 284. The van der Waals surface area contributed by atoms with Crippen molar-refractivity contribution in [1.82, 2.24) is 4.31 Å². The summed E-state index contributed by atoms with van der Waals surface area (Å²) in [6, 6.07) is 0. The molecule has 0 aromatic heterocycles. The van der Waals surface area contributed by atoms with Crippen LogP contribution in [0, 0.1) is 5.92 Å². The highest BCUT2D eigenvalue weighted by molar-refractivity contribution is 7.89. The van der Waals surface area contributed by atoms with E-state index < -0.39 is 10.0 Å². The Labute approximate surface area is 96.3 Å². The maximum atomic E-state index is 11.6. The summed E-state index contributed by atoms with van der Waals surface area (Å²) in [6.45, 7) is 2.77. The SMILES string of the molecule is CC(O)C1CCN(S(=O)(=O)CCCl)CC1. The van der Waals surface area contributed by atoms with Crippen LogP contribution in [-0.2, 0) is 10.0 Å². The molecule has 15 heavy (non-hydrogen) atoms. The lowest BCUT2D eigenvalue weighted by atomic mass is 9.93. The summed E-state index contributed by atoms with van der Waals surface area (Å²) in [5.74, 6) is 0.375. The molecule has 1 fully saturated rings. The smallest absolute Gasteiger partial charge is 0.215 e. The maximum absolute atomic E-state index is 11.6. The molecule has 0 bridgehead atoms. The number of rotatable bonds is 4. The lowest BCUT2D eigenvalue weighted by Crippen LogP contribution is -2.41. The molecule has 1 aliphatic rings. The Hall–Kier alpha value is 0.160. The highest BCUT2D eigenvalue weighted by Crippen LogP contribution is 2.22. The highest BCUT2D eigenvalue weighted by atomic mass is 35.5. The van der Waals surface area contributed by atoms with Crippen LogP contribution in [0.1, 0.15) is 19.8 Å². The van der Waals surface area contributed by atoms with Crippen LogP contribution < -0.4 is 0 Å². The van der Waals surface area contributed by atoms with Crippen molar-refractivity contribution >= 4 is 21.6 Å². The topological polar surface area (TPSA) is 57.6 Å². The molecule has 0 amide bonds. The number of piperidine rings is 1. The monoisotopic (exact) mass is 255 g/mol. The zero-order valence-corrected chi connectivity index (χ0v) is 10.5. The normalized spacial score (nSPS) is 22.9. The summed E-state index contributed by atoms with van der Waals surface area (Å²) in [5, 5.41) is 9.38. The van der Waals surface area contributed by atoms with Crippen LogP contribution in [0.2, 0.25) is 0 Å². The second-order valence-electron chi connectivity index (χ2n) is 3.98. The minimum atomic E-state index is -3.16. The zero-order valence-electron chi connectivity index (χ0n) is 8.89. The second kappa shape index (κ2) is 5.48. The fourth-order valence-electron chi connectivity index (χ4n) is 1.86. The van der Waals surface area contributed by atoms with Gasteiger partial charge in [-0.3, -0.25) is 0 Å². The number of alkyl halides is 1. The molecule has 0 spiro atoms. The number of aliphatic hydroxyl groups excluding tert-OH is 1. The molecular formula is C9H18ClNO3S. The Balaban J connectivity index is 2.50. The van der Waals surface area contributed by atoms with Crippen molar-refractivity contribution < 1.29 is 13.5 Å². The first-order valence-electron chi connectivity index (χ1n) is 5.19. The fourth-order valence-corrected chi connectivity index (χ4v) is 3.67. The summed E-state index contributed by atoms with van der Waals surface area (Å²) >= 11 is 5.44. The van der Waals surface area contributed by atoms with E-state index in [1.807, 2.05) is 0 Å². The van der Waals surface area contributed by atoms with Crippen LogP contribution in [0.5, 0.6) is 0 Å². The van der Waals surface area contributed by atoms with E-state index in [4.69, 9.17) is 11.6 Å². The van der Waals surface area contributed by atoms with E-state index in [0.717, 1.165) is 12.8 Å². The van der Waals surface area contributed by atoms with Gasteiger partial charge >= 0.3 is 0 Å². The van der Waals surface area contributed by atoms with Crippen LogP contribution in [0.4, 0.5) is 0 Å². The largest absolute Gasteiger partial charge is 0.393 e. The number of hydrogen-bond donors (Lipinski definition) is 1. The van der Waals surface area contributed by atoms with Crippen molar-refractivity contribution in [2.45, 2.75) is 25.9 Å². The Morgan fingerprint density at radius 1 is 1.47 bits per heavy atom. The van der Waals surface area contributed by atoms with E-state index >= 15 is 0 Å². The lowest BCUT2D eigenvalue weighted by Gasteiger charge is -2.32. The molecule has 0 saturated carbocycles. The van der Waals surface area contributed by atoms with E-state index in [9.17, 15) is 13.5 Å². The quantitative estimate of drug-likeness (QED) is 0.751. The number of nitrogens with zero attached hydrogens (tertiary/aromatic N) is 1. The Morgan fingerprint density at radius 3 is 2.40 bits per heavy atom. The summed E-state index contributed by atoms with van der Waals surface area (Å²) in [4.78, 5) is 0. The highest BCUT2D eigenvalue weighted by Gasteiger charge is 2.29. The third kappa shape index (κ3) is 3.59. The first kappa shape index (κ1) is 13.2. The standard InChI is InChI=1S/C9H18ClNO3S/c1-8(12)9-2-5-11(6-3-9)15(13,14)7-4-10/h8-9,12H,2-7H2,1H3.